The number of anilines is 1. The lowest BCUT2D eigenvalue weighted by Gasteiger charge is -2.23. The van der Waals surface area contributed by atoms with Crippen molar-refractivity contribution in [3.8, 4) is 0 Å². The molecule has 1 saturated carbocycles. The largest absolute Gasteiger partial charge is 0.481 e. The van der Waals surface area contributed by atoms with Crippen LogP contribution in [0.5, 0.6) is 0 Å². The van der Waals surface area contributed by atoms with E-state index in [2.05, 4.69) is 5.32 Å². The van der Waals surface area contributed by atoms with Crippen LogP contribution in [0.3, 0.4) is 0 Å². The summed E-state index contributed by atoms with van der Waals surface area (Å²) < 4.78 is 0. The zero-order valence-electron chi connectivity index (χ0n) is 16.2. The summed E-state index contributed by atoms with van der Waals surface area (Å²) in [6, 6.07) is 5.06. The zero-order chi connectivity index (χ0) is 19.9. The van der Waals surface area contributed by atoms with Gasteiger partial charge in [0.15, 0.2) is 0 Å². The lowest BCUT2D eigenvalue weighted by atomic mass is 9.81. The van der Waals surface area contributed by atoms with E-state index >= 15 is 0 Å². The van der Waals surface area contributed by atoms with Crippen molar-refractivity contribution >= 4 is 23.6 Å². The molecule has 2 heterocycles. The fourth-order valence-corrected chi connectivity index (χ4v) is 5.03. The molecule has 1 aromatic rings. The van der Waals surface area contributed by atoms with E-state index in [1.807, 2.05) is 17.9 Å². The smallest absolute Gasteiger partial charge is 0.321 e. The number of likely N-dealkylation sites (tertiary alicyclic amines) is 2. The van der Waals surface area contributed by atoms with E-state index < -0.39 is 11.4 Å². The predicted molar refractivity (Wildman–Crippen MR) is 104 cm³/mol. The van der Waals surface area contributed by atoms with Crippen LogP contribution in [-0.2, 0) is 4.79 Å². The van der Waals surface area contributed by atoms with Crippen molar-refractivity contribution < 1.29 is 19.5 Å². The first-order valence-electron chi connectivity index (χ1n) is 10.1. The fourth-order valence-electron chi connectivity index (χ4n) is 5.03. The molecule has 2 atom stereocenters. The molecule has 3 fully saturated rings. The van der Waals surface area contributed by atoms with Gasteiger partial charge in [0.1, 0.15) is 0 Å². The molecule has 3 aliphatic rings. The molecule has 3 amide bonds. The topological polar surface area (TPSA) is 90.0 Å². The number of benzene rings is 1. The Labute approximate surface area is 164 Å². The van der Waals surface area contributed by atoms with E-state index in [1.165, 1.54) is 0 Å². The monoisotopic (exact) mass is 385 g/mol. The second-order valence-corrected chi connectivity index (χ2v) is 8.39. The minimum atomic E-state index is -0.786. The van der Waals surface area contributed by atoms with Gasteiger partial charge in [-0.3, -0.25) is 9.59 Å². The number of amides is 3. The number of carbonyl (C=O) groups excluding carboxylic acids is 2. The van der Waals surface area contributed by atoms with Crippen LogP contribution in [0.15, 0.2) is 18.2 Å². The number of hydrogen-bond donors (Lipinski definition) is 2. The van der Waals surface area contributed by atoms with Crippen molar-refractivity contribution in [3.63, 3.8) is 0 Å². The standard InChI is InChI=1S/C21H27N3O4/c1-14-11-15(18(25)23-9-2-3-10-23)6-7-17(14)22-20(28)24-12-16-5-4-8-21(16,13-24)19(26)27/h6-7,11,16H,2-5,8-10,12-13H2,1H3,(H,22,28)(H,26,27)/t16-,21+/m0/s1. The van der Waals surface area contributed by atoms with Gasteiger partial charge in [-0.15, -0.1) is 0 Å². The van der Waals surface area contributed by atoms with Crippen molar-refractivity contribution in [3.05, 3.63) is 29.3 Å². The Kier molecular flexibility index (Phi) is 4.77. The molecule has 1 aromatic carbocycles. The lowest BCUT2D eigenvalue weighted by Crippen LogP contribution is -2.38. The lowest BCUT2D eigenvalue weighted by molar-refractivity contribution is -0.149. The van der Waals surface area contributed by atoms with Crippen LogP contribution in [0.4, 0.5) is 10.5 Å². The number of nitrogens with one attached hydrogen (secondary N) is 1. The highest BCUT2D eigenvalue weighted by molar-refractivity contribution is 5.96. The molecule has 0 unspecified atom stereocenters. The molecule has 1 aliphatic carbocycles. The van der Waals surface area contributed by atoms with E-state index in [0.717, 1.165) is 44.3 Å². The molecule has 0 spiro atoms. The van der Waals surface area contributed by atoms with Crippen molar-refractivity contribution in [2.45, 2.75) is 39.0 Å². The molecule has 2 saturated heterocycles. The van der Waals surface area contributed by atoms with Gasteiger partial charge in [0, 0.05) is 37.4 Å². The highest BCUT2D eigenvalue weighted by atomic mass is 16.4. The third-order valence-corrected chi connectivity index (χ3v) is 6.69. The van der Waals surface area contributed by atoms with E-state index in [9.17, 15) is 19.5 Å². The number of aliphatic carboxylic acids is 1. The molecule has 28 heavy (non-hydrogen) atoms. The van der Waals surface area contributed by atoms with Crippen molar-refractivity contribution in [1.29, 1.82) is 0 Å². The molecule has 4 rings (SSSR count). The number of urea groups is 1. The van der Waals surface area contributed by atoms with Gasteiger partial charge in [0.2, 0.25) is 0 Å². The summed E-state index contributed by atoms with van der Waals surface area (Å²) >= 11 is 0. The van der Waals surface area contributed by atoms with E-state index in [4.69, 9.17) is 0 Å². The van der Waals surface area contributed by atoms with Gasteiger partial charge in [-0.1, -0.05) is 6.42 Å². The van der Waals surface area contributed by atoms with Gasteiger partial charge in [-0.2, -0.15) is 0 Å². The van der Waals surface area contributed by atoms with Crippen molar-refractivity contribution in [1.82, 2.24) is 9.80 Å². The Morgan fingerprint density at radius 3 is 2.54 bits per heavy atom. The van der Waals surface area contributed by atoms with Crippen LogP contribution in [0, 0.1) is 18.3 Å². The molecular weight excluding hydrogens is 358 g/mol. The maximum atomic E-state index is 12.7. The minimum Gasteiger partial charge on any atom is -0.481 e. The molecule has 2 N–H and O–H groups in total. The Hall–Kier alpha value is -2.57. The molecule has 7 heteroatoms. The number of aryl methyl sites for hydroxylation is 1. The Morgan fingerprint density at radius 1 is 1.14 bits per heavy atom. The summed E-state index contributed by atoms with van der Waals surface area (Å²) in [4.78, 5) is 40.6. The number of fused-ring (bicyclic) bond motifs is 1. The van der Waals surface area contributed by atoms with Gasteiger partial charge in [-0.05, 0) is 62.3 Å². The number of carboxylic acid groups (broad SMARTS) is 1. The average Bonchev–Trinajstić information content (AvgIpc) is 3.38. The summed E-state index contributed by atoms with van der Waals surface area (Å²) in [6.45, 7) is 4.23. The maximum Gasteiger partial charge on any atom is 0.321 e. The summed E-state index contributed by atoms with van der Waals surface area (Å²) in [5.41, 5.74) is 1.34. The van der Waals surface area contributed by atoms with Crippen LogP contribution in [0.2, 0.25) is 0 Å². The van der Waals surface area contributed by atoms with Gasteiger partial charge in [-0.25, -0.2) is 4.79 Å². The first kappa shape index (κ1) is 18.8. The fraction of sp³-hybridized carbons (Fsp3) is 0.571. The maximum absolute atomic E-state index is 12.7. The molecule has 2 aliphatic heterocycles. The Morgan fingerprint density at radius 2 is 1.89 bits per heavy atom. The van der Waals surface area contributed by atoms with Crippen LogP contribution in [0.25, 0.3) is 0 Å². The van der Waals surface area contributed by atoms with Crippen molar-refractivity contribution in [2.24, 2.45) is 11.3 Å². The van der Waals surface area contributed by atoms with E-state index in [-0.39, 0.29) is 24.4 Å². The second-order valence-electron chi connectivity index (χ2n) is 8.39. The predicted octanol–water partition coefficient (Wildman–Crippen LogP) is 2.95. The summed E-state index contributed by atoms with van der Waals surface area (Å²) in [7, 11) is 0. The first-order chi connectivity index (χ1) is 13.4. The third kappa shape index (κ3) is 3.12. The Bertz CT molecular complexity index is 818. The first-order valence-corrected chi connectivity index (χ1v) is 10.1. The van der Waals surface area contributed by atoms with Gasteiger partial charge in [0.25, 0.3) is 5.91 Å². The normalized spacial score (nSPS) is 26.4. The average molecular weight is 385 g/mol. The third-order valence-electron chi connectivity index (χ3n) is 6.69. The highest BCUT2D eigenvalue weighted by Crippen LogP contribution is 2.49. The molecule has 0 bridgehead atoms. The van der Waals surface area contributed by atoms with Gasteiger partial charge in [0.05, 0.1) is 5.41 Å². The van der Waals surface area contributed by atoms with Gasteiger partial charge >= 0.3 is 12.0 Å². The van der Waals surface area contributed by atoms with Crippen LogP contribution in [0.1, 0.15) is 48.0 Å². The minimum absolute atomic E-state index is 0.0363. The van der Waals surface area contributed by atoms with Gasteiger partial charge < -0.3 is 20.2 Å². The molecule has 7 nitrogen and oxygen atoms in total. The quantitative estimate of drug-likeness (QED) is 0.837. The summed E-state index contributed by atoms with van der Waals surface area (Å²) in [6.07, 6.45) is 4.52. The Balaban J connectivity index is 1.44. The molecular formula is C21H27N3O4. The van der Waals surface area contributed by atoms with E-state index in [1.54, 1.807) is 17.0 Å². The summed E-state index contributed by atoms with van der Waals surface area (Å²) in [5, 5.41) is 12.6. The number of rotatable bonds is 3. The highest BCUT2D eigenvalue weighted by Gasteiger charge is 2.55. The second kappa shape index (κ2) is 7.11. The zero-order valence-corrected chi connectivity index (χ0v) is 16.2. The number of hydrogen-bond acceptors (Lipinski definition) is 3. The summed E-state index contributed by atoms with van der Waals surface area (Å²) in [5.74, 6) is -0.710. The SMILES string of the molecule is Cc1cc(C(=O)N2CCCC2)ccc1NC(=O)N1C[C@@H]2CCC[C@@]2(C(=O)O)C1. The number of nitrogens with zero attached hydrogens (tertiary/aromatic N) is 2. The van der Waals surface area contributed by atoms with E-state index in [0.29, 0.717) is 24.2 Å². The van der Waals surface area contributed by atoms with Crippen molar-refractivity contribution in [2.75, 3.05) is 31.5 Å². The molecule has 150 valence electrons. The van der Waals surface area contributed by atoms with Crippen LogP contribution in [-0.4, -0.2) is 59.0 Å². The molecule has 0 aromatic heterocycles. The number of carboxylic acids is 1. The van der Waals surface area contributed by atoms with Crippen LogP contribution < -0.4 is 5.32 Å². The number of carbonyl (C=O) groups is 3. The van der Waals surface area contributed by atoms with Crippen LogP contribution >= 0.6 is 0 Å². The molecule has 0 radical (unpaired) electrons.